The third kappa shape index (κ3) is 3.44. The zero-order valence-electron chi connectivity index (χ0n) is 11.8. The lowest BCUT2D eigenvalue weighted by Gasteiger charge is -2.02. The largest absolute Gasteiger partial charge is 0.462 e. The minimum absolute atomic E-state index is 0.253. The van der Waals surface area contributed by atoms with Gasteiger partial charge in [0.1, 0.15) is 11.4 Å². The van der Waals surface area contributed by atoms with Gasteiger partial charge in [0.15, 0.2) is 5.82 Å². The zero-order valence-corrected chi connectivity index (χ0v) is 11.8. The number of aromatic nitrogens is 3. The van der Waals surface area contributed by atoms with Crippen molar-refractivity contribution in [3.8, 4) is 11.5 Å². The molecule has 110 valence electrons. The van der Waals surface area contributed by atoms with Gasteiger partial charge in [-0.2, -0.15) is 0 Å². The van der Waals surface area contributed by atoms with Gasteiger partial charge in [0.05, 0.1) is 25.0 Å². The number of nitrogens with one attached hydrogen (secondary N) is 1. The molecule has 0 atom stereocenters. The highest BCUT2D eigenvalue weighted by Gasteiger charge is 2.13. The summed E-state index contributed by atoms with van der Waals surface area (Å²) in [7, 11) is 0. The van der Waals surface area contributed by atoms with E-state index in [1.807, 2.05) is 0 Å². The SMILES string of the molecule is CCOC(=O)c1ccc(-c2ncc(C(=O)OCC)[nH]2)nc1. The second-order valence-corrected chi connectivity index (χ2v) is 4.02. The molecule has 0 amide bonds. The lowest BCUT2D eigenvalue weighted by Crippen LogP contribution is -2.05. The fraction of sp³-hybridized carbons (Fsp3) is 0.286. The number of esters is 2. The molecule has 2 aromatic heterocycles. The Balaban J connectivity index is 2.15. The van der Waals surface area contributed by atoms with Crippen molar-refractivity contribution in [3.05, 3.63) is 35.8 Å². The molecule has 1 N–H and O–H groups in total. The molecule has 7 heteroatoms. The monoisotopic (exact) mass is 289 g/mol. The van der Waals surface area contributed by atoms with Crippen LogP contribution in [0.5, 0.6) is 0 Å². The van der Waals surface area contributed by atoms with E-state index in [9.17, 15) is 9.59 Å². The summed E-state index contributed by atoms with van der Waals surface area (Å²) >= 11 is 0. The fourth-order valence-corrected chi connectivity index (χ4v) is 1.63. The van der Waals surface area contributed by atoms with Gasteiger partial charge in [-0.25, -0.2) is 14.6 Å². The van der Waals surface area contributed by atoms with E-state index >= 15 is 0 Å². The van der Waals surface area contributed by atoms with E-state index in [0.29, 0.717) is 30.3 Å². The Hall–Kier alpha value is -2.70. The van der Waals surface area contributed by atoms with E-state index < -0.39 is 11.9 Å². The fourth-order valence-electron chi connectivity index (χ4n) is 1.63. The number of rotatable bonds is 5. The van der Waals surface area contributed by atoms with E-state index in [1.54, 1.807) is 26.0 Å². The van der Waals surface area contributed by atoms with Crippen molar-refractivity contribution in [2.24, 2.45) is 0 Å². The number of nitrogens with zero attached hydrogens (tertiary/aromatic N) is 2. The number of ether oxygens (including phenoxy) is 2. The Labute approximate surface area is 121 Å². The van der Waals surface area contributed by atoms with Crippen LogP contribution in [0.1, 0.15) is 34.7 Å². The van der Waals surface area contributed by atoms with Crippen LogP contribution in [0.4, 0.5) is 0 Å². The van der Waals surface area contributed by atoms with Crippen LogP contribution in [0, 0.1) is 0 Å². The van der Waals surface area contributed by atoms with E-state index in [4.69, 9.17) is 9.47 Å². The summed E-state index contributed by atoms with van der Waals surface area (Å²) in [6, 6.07) is 3.22. The van der Waals surface area contributed by atoms with Gasteiger partial charge < -0.3 is 14.5 Å². The lowest BCUT2D eigenvalue weighted by atomic mass is 10.2. The molecule has 0 aliphatic heterocycles. The number of carbonyl (C=O) groups is 2. The standard InChI is InChI=1S/C14H15N3O4/c1-3-20-13(18)9-5-6-10(15-7-9)12-16-8-11(17-12)14(19)21-4-2/h5-8H,3-4H2,1-2H3,(H,16,17). The maximum absolute atomic E-state index is 11.5. The van der Waals surface area contributed by atoms with Gasteiger partial charge in [0, 0.05) is 6.20 Å². The van der Waals surface area contributed by atoms with Crippen molar-refractivity contribution >= 4 is 11.9 Å². The van der Waals surface area contributed by atoms with Crippen molar-refractivity contribution in [2.75, 3.05) is 13.2 Å². The van der Waals surface area contributed by atoms with Gasteiger partial charge in [0.2, 0.25) is 0 Å². The first-order valence-corrected chi connectivity index (χ1v) is 6.51. The molecule has 0 saturated carbocycles. The molecule has 0 aromatic carbocycles. The highest BCUT2D eigenvalue weighted by atomic mass is 16.5. The van der Waals surface area contributed by atoms with Gasteiger partial charge in [-0.15, -0.1) is 0 Å². The first kappa shape index (κ1) is 14.7. The van der Waals surface area contributed by atoms with E-state index in [2.05, 4.69) is 15.0 Å². The van der Waals surface area contributed by atoms with Crippen LogP contribution in [0.15, 0.2) is 24.5 Å². The van der Waals surface area contributed by atoms with E-state index in [1.165, 1.54) is 12.4 Å². The molecule has 0 fully saturated rings. The lowest BCUT2D eigenvalue weighted by molar-refractivity contribution is 0.0513. The quantitative estimate of drug-likeness (QED) is 0.844. The van der Waals surface area contributed by atoms with Gasteiger partial charge in [-0.1, -0.05) is 0 Å². The highest BCUT2D eigenvalue weighted by Crippen LogP contribution is 2.14. The normalized spacial score (nSPS) is 10.2. The molecule has 0 spiro atoms. The number of hydrogen-bond donors (Lipinski definition) is 1. The number of H-pyrrole nitrogens is 1. The van der Waals surface area contributed by atoms with Gasteiger partial charge in [0.25, 0.3) is 0 Å². The molecule has 2 rings (SSSR count). The first-order chi connectivity index (χ1) is 10.2. The van der Waals surface area contributed by atoms with Crippen molar-refractivity contribution in [2.45, 2.75) is 13.8 Å². The minimum atomic E-state index is -0.473. The molecule has 0 bridgehead atoms. The number of imidazole rings is 1. The highest BCUT2D eigenvalue weighted by molar-refractivity contribution is 5.89. The van der Waals surface area contributed by atoms with Crippen LogP contribution in [0.25, 0.3) is 11.5 Å². The molecular weight excluding hydrogens is 274 g/mol. The summed E-state index contributed by atoms with van der Waals surface area (Å²) in [5, 5.41) is 0. The Bertz CT molecular complexity index is 634. The smallest absolute Gasteiger partial charge is 0.356 e. The topological polar surface area (TPSA) is 94.2 Å². The Morgan fingerprint density at radius 2 is 1.76 bits per heavy atom. The second-order valence-electron chi connectivity index (χ2n) is 4.02. The third-order valence-corrected chi connectivity index (χ3v) is 2.59. The van der Waals surface area contributed by atoms with Gasteiger partial charge in [-0.3, -0.25) is 4.98 Å². The van der Waals surface area contributed by atoms with Crippen LogP contribution in [0.3, 0.4) is 0 Å². The van der Waals surface area contributed by atoms with Crippen LogP contribution in [-0.4, -0.2) is 40.1 Å². The molecule has 2 aromatic rings. The molecule has 0 aliphatic carbocycles. The number of hydrogen-bond acceptors (Lipinski definition) is 6. The molecule has 7 nitrogen and oxygen atoms in total. The molecule has 0 aliphatic rings. The second kappa shape index (κ2) is 6.65. The van der Waals surface area contributed by atoms with Gasteiger partial charge >= 0.3 is 11.9 Å². The maximum atomic E-state index is 11.5. The third-order valence-electron chi connectivity index (χ3n) is 2.59. The van der Waals surface area contributed by atoms with Crippen LogP contribution in [-0.2, 0) is 9.47 Å². The molecule has 0 radical (unpaired) electrons. The summed E-state index contributed by atoms with van der Waals surface area (Å²) in [5.41, 5.74) is 1.12. The van der Waals surface area contributed by atoms with Crippen LogP contribution >= 0.6 is 0 Å². The Morgan fingerprint density at radius 3 is 2.38 bits per heavy atom. The Kier molecular flexibility index (Phi) is 4.65. The van der Waals surface area contributed by atoms with Crippen LogP contribution in [0.2, 0.25) is 0 Å². The Morgan fingerprint density at radius 1 is 1.05 bits per heavy atom. The number of carbonyl (C=O) groups excluding carboxylic acids is 2. The summed E-state index contributed by atoms with van der Waals surface area (Å²) in [6.07, 6.45) is 2.79. The van der Waals surface area contributed by atoms with Gasteiger partial charge in [-0.05, 0) is 26.0 Å². The van der Waals surface area contributed by atoms with Crippen molar-refractivity contribution < 1.29 is 19.1 Å². The van der Waals surface area contributed by atoms with E-state index in [0.717, 1.165) is 0 Å². The average molecular weight is 289 g/mol. The summed E-state index contributed by atoms with van der Waals surface area (Å²) in [5.74, 6) is -0.476. The first-order valence-electron chi connectivity index (χ1n) is 6.51. The van der Waals surface area contributed by atoms with Crippen LogP contribution < -0.4 is 0 Å². The maximum Gasteiger partial charge on any atom is 0.356 e. The molecule has 21 heavy (non-hydrogen) atoms. The molecule has 0 unspecified atom stereocenters. The number of pyridine rings is 1. The predicted molar refractivity (Wildman–Crippen MR) is 73.7 cm³/mol. The van der Waals surface area contributed by atoms with Crippen molar-refractivity contribution in [1.29, 1.82) is 0 Å². The summed E-state index contributed by atoms with van der Waals surface area (Å²) < 4.78 is 9.74. The molecular formula is C14H15N3O4. The summed E-state index contributed by atoms with van der Waals surface area (Å²) in [4.78, 5) is 34.1. The zero-order chi connectivity index (χ0) is 15.2. The molecule has 2 heterocycles. The van der Waals surface area contributed by atoms with Crippen molar-refractivity contribution in [3.63, 3.8) is 0 Å². The number of aromatic amines is 1. The molecule has 0 saturated heterocycles. The van der Waals surface area contributed by atoms with E-state index in [-0.39, 0.29) is 5.69 Å². The minimum Gasteiger partial charge on any atom is -0.462 e. The average Bonchev–Trinajstić information content (AvgIpc) is 2.98. The summed E-state index contributed by atoms with van der Waals surface area (Å²) in [6.45, 7) is 4.06. The van der Waals surface area contributed by atoms with Crippen molar-refractivity contribution in [1.82, 2.24) is 15.0 Å². The predicted octanol–water partition coefficient (Wildman–Crippen LogP) is 1.83.